The lowest BCUT2D eigenvalue weighted by molar-refractivity contribution is 0.142. The van der Waals surface area contributed by atoms with Gasteiger partial charge in [-0.25, -0.2) is 0 Å². The second-order valence-corrected chi connectivity index (χ2v) is 4.96. The Morgan fingerprint density at radius 2 is 2.06 bits per heavy atom. The van der Waals surface area contributed by atoms with E-state index in [0.717, 1.165) is 5.75 Å². The quantitative estimate of drug-likeness (QED) is 0.786. The van der Waals surface area contributed by atoms with Crippen molar-refractivity contribution in [2.75, 3.05) is 7.05 Å². The SMILES string of the molecule is Cc1ccc(OC(C)C2N=NC(=S)N2C)cc1C. The second kappa shape index (κ2) is 5.02. The molecule has 0 aliphatic carbocycles. The molecule has 0 saturated heterocycles. The summed E-state index contributed by atoms with van der Waals surface area (Å²) in [4.78, 5) is 1.85. The summed E-state index contributed by atoms with van der Waals surface area (Å²) in [6.07, 6.45) is -0.236. The summed E-state index contributed by atoms with van der Waals surface area (Å²) in [5.74, 6) is 0.854. The van der Waals surface area contributed by atoms with Gasteiger partial charge in [0.05, 0.1) is 0 Å². The number of hydrogen-bond donors (Lipinski definition) is 0. The molecule has 1 aliphatic rings. The molecule has 18 heavy (non-hydrogen) atoms. The molecule has 0 amide bonds. The highest BCUT2D eigenvalue weighted by Crippen LogP contribution is 2.22. The third-order valence-corrected chi connectivity index (χ3v) is 3.55. The van der Waals surface area contributed by atoms with Crippen LogP contribution in [0.25, 0.3) is 0 Å². The highest BCUT2D eigenvalue weighted by molar-refractivity contribution is 7.80. The van der Waals surface area contributed by atoms with E-state index in [2.05, 4.69) is 30.1 Å². The van der Waals surface area contributed by atoms with Gasteiger partial charge < -0.3 is 9.64 Å². The monoisotopic (exact) mass is 263 g/mol. The molecule has 0 saturated carbocycles. The number of rotatable bonds is 3. The van der Waals surface area contributed by atoms with E-state index >= 15 is 0 Å². The fourth-order valence-electron chi connectivity index (χ4n) is 1.84. The zero-order chi connectivity index (χ0) is 13.3. The van der Waals surface area contributed by atoms with Gasteiger partial charge in [0.25, 0.3) is 0 Å². The molecular weight excluding hydrogens is 246 g/mol. The van der Waals surface area contributed by atoms with E-state index in [-0.39, 0.29) is 12.3 Å². The van der Waals surface area contributed by atoms with Crippen LogP contribution in [0.3, 0.4) is 0 Å². The van der Waals surface area contributed by atoms with E-state index in [1.165, 1.54) is 11.1 Å². The van der Waals surface area contributed by atoms with Crippen LogP contribution in [0.4, 0.5) is 0 Å². The Balaban J connectivity index is 2.07. The highest BCUT2D eigenvalue weighted by Gasteiger charge is 2.29. The van der Waals surface area contributed by atoms with E-state index in [9.17, 15) is 0 Å². The Labute approximate surface area is 113 Å². The molecule has 2 unspecified atom stereocenters. The summed E-state index contributed by atoms with van der Waals surface area (Å²) in [6, 6.07) is 6.07. The molecule has 0 aromatic heterocycles. The maximum absolute atomic E-state index is 5.90. The van der Waals surface area contributed by atoms with Crippen molar-refractivity contribution < 1.29 is 4.74 Å². The van der Waals surface area contributed by atoms with Crippen molar-refractivity contribution in [1.82, 2.24) is 4.90 Å². The molecule has 1 aromatic carbocycles. The Hall–Kier alpha value is -1.49. The van der Waals surface area contributed by atoms with Gasteiger partial charge in [0.2, 0.25) is 5.11 Å². The third-order valence-electron chi connectivity index (χ3n) is 3.18. The van der Waals surface area contributed by atoms with Crippen LogP contribution >= 0.6 is 12.2 Å². The van der Waals surface area contributed by atoms with Gasteiger partial charge in [0, 0.05) is 7.05 Å². The van der Waals surface area contributed by atoms with Crippen LogP contribution in [0.1, 0.15) is 18.1 Å². The van der Waals surface area contributed by atoms with Crippen molar-refractivity contribution in [3.63, 3.8) is 0 Å². The Kier molecular flexibility index (Phi) is 3.61. The van der Waals surface area contributed by atoms with Crippen molar-refractivity contribution in [3.05, 3.63) is 29.3 Å². The first-order valence-electron chi connectivity index (χ1n) is 5.90. The molecule has 96 valence electrons. The predicted octanol–water partition coefficient (Wildman–Crippen LogP) is 3.08. The fraction of sp³-hybridized carbons (Fsp3) is 0.462. The number of benzene rings is 1. The fourth-order valence-corrected chi connectivity index (χ4v) is 2.00. The molecular formula is C13H17N3OS. The first kappa shape index (κ1) is 13.0. The van der Waals surface area contributed by atoms with Gasteiger partial charge in [-0.15, -0.1) is 5.11 Å². The Morgan fingerprint density at radius 1 is 1.33 bits per heavy atom. The first-order chi connectivity index (χ1) is 8.49. The number of aryl methyl sites for hydroxylation is 2. The number of azo groups is 1. The van der Waals surface area contributed by atoms with E-state index in [0.29, 0.717) is 5.11 Å². The van der Waals surface area contributed by atoms with Gasteiger partial charge in [-0.05, 0) is 56.2 Å². The molecule has 4 nitrogen and oxygen atoms in total. The van der Waals surface area contributed by atoms with Gasteiger partial charge in [0.15, 0.2) is 6.17 Å². The maximum atomic E-state index is 5.90. The zero-order valence-electron chi connectivity index (χ0n) is 11.0. The average molecular weight is 263 g/mol. The summed E-state index contributed by atoms with van der Waals surface area (Å²) in [5.41, 5.74) is 2.48. The number of likely N-dealkylation sites (N-methyl/N-ethyl adjacent to an activating group) is 1. The number of thiocarbonyl (C=S) groups is 1. The number of ether oxygens (including phenoxy) is 1. The Bertz CT molecular complexity index is 501. The number of hydrogen-bond acceptors (Lipinski definition) is 3. The average Bonchev–Trinajstić information content (AvgIpc) is 2.65. The van der Waals surface area contributed by atoms with E-state index < -0.39 is 0 Å². The second-order valence-electron chi connectivity index (χ2n) is 4.59. The molecule has 0 fully saturated rings. The highest BCUT2D eigenvalue weighted by atomic mass is 32.1. The zero-order valence-corrected chi connectivity index (χ0v) is 11.9. The summed E-state index contributed by atoms with van der Waals surface area (Å²) in [6.45, 7) is 6.13. The summed E-state index contributed by atoms with van der Waals surface area (Å²) in [7, 11) is 1.88. The molecule has 1 aliphatic heterocycles. The summed E-state index contributed by atoms with van der Waals surface area (Å²) < 4.78 is 5.90. The molecule has 2 rings (SSSR count). The molecule has 0 bridgehead atoms. The molecule has 0 N–H and O–H groups in total. The van der Waals surface area contributed by atoms with E-state index in [4.69, 9.17) is 17.0 Å². The van der Waals surface area contributed by atoms with Crippen molar-refractivity contribution in [2.24, 2.45) is 10.2 Å². The van der Waals surface area contributed by atoms with Gasteiger partial charge in [0.1, 0.15) is 11.9 Å². The van der Waals surface area contributed by atoms with E-state index in [1.54, 1.807) is 0 Å². The van der Waals surface area contributed by atoms with Crippen molar-refractivity contribution in [2.45, 2.75) is 33.0 Å². The lowest BCUT2D eigenvalue weighted by Gasteiger charge is -2.24. The minimum atomic E-state index is -0.140. The van der Waals surface area contributed by atoms with Gasteiger partial charge in [-0.2, -0.15) is 5.11 Å². The van der Waals surface area contributed by atoms with Crippen LogP contribution in [-0.2, 0) is 0 Å². The van der Waals surface area contributed by atoms with E-state index in [1.807, 2.05) is 31.0 Å². The van der Waals surface area contributed by atoms with Crippen LogP contribution in [0.2, 0.25) is 0 Å². The molecule has 5 heteroatoms. The van der Waals surface area contributed by atoms with Crippen LogP contribution in [0.15, 0.2) is 28.4 Å². The topological polar surface area (TPSA) is 37.2 Å². The minimum absolute atomic E-state index is 0.0960. The normalized spacial score (nSPS) is 20.3. The van der Waals surface area contributed by atoms with Crippen LogP contribution in [-0.4, -0.2) is 29.3 Å². The number of nitrogens with zero attached hydrogens (tertiary/aromatic N) is 3. The predicted molar refractivity (Wildman–Crippen MR) is 75.0 cm³/mol. The molecule has 1 aromatic rings. The maximum Gasteiger partial charge on any atom is 0.217 e. The van der Waals surface area contributed by atoms with Crippen molar-refractivity contribution in [3.8, 4) is 5.75 Å². The van der Waals surface area contributed by atoms with Crippen molar-refractivity contribution in [1.29, 1.82) is 0 Å². The van der Waals surface area contributed by atoms with Crippen LogP contribution in [0, 0.1) is 13.8 Å². The van der Waals surface area contributed by atoms with Gasteiger partial charge >= 0.3 is 0 Å². The smallest absolute Gasteiger partial charge is 0.217 e. The largest absolute Gasteiger partial charge is 0.486 e. The van der Waals surface area contributed by atoms with Gasteiger partial charge in [-0.1, -0.05) is 6.07 Å². The third kappa shape index (κ3) is 2.51. The first-order valence-corrected chi connectivity index (χ1v) is 6.31. The minimum Gasteiger partial charge on any atom is -0.486 e. The van der Waals surface area contributed by atoms with Crippen molar-refractivity contribution >= 4 is 17.3 Å². The molecule has 2 atom stereocenters. The van der Waals surface area contributed by atoms with Crippen LogP contribution < -0.4 is 4.74 Å². The lowest BCUT2D eigenvalue weighted by atomic mass is 10.1. The molecule has 0 radical (unpaired) electrons. The van der Waals surface area contributed by atoms with Crippen LogP contribution in [0.5, 0.6) is 5.75 Å². The lowest BCUT2D eigenvalue weighted by Crippen LogP contribution is -2.39. The molecule has 1 heterocycles. The summed E-state index contributed by atoms with van der Waals surface area (Å²) in [5, 5.41) is 8.52. The summed E-state index contributed by atoms with van der Waals surface area (Å²) >= 11 is 5.05. The van der Waals surface area contributed by atoms with Gasteiger partial charge in [-0.3, -0.25) is 0 Å². The standard InChI is InChI=1S/C13H17N3OS/c1-8-5-6-11(7-9(8)2)17-10(3)12-14-15-13(18)16(12)4/h5-7,10,12H,1-4H3. The Morgan fingerprint density at radius 3 is 2.61 bits per heavy atom. The molecule has 0 spiro atoms.